The molecule has 2 aliphatic heterocycles. The van der Waals surface area contributed by atoms with Crippen molar-refractivity contribution in [3.05, 3.63) is 140 Å². The van der Waals surface area contributed by atoms with Crippen LogP contribution < -0.4 is 36.1 Å². The lowest BCUT2D eigenvalue weighted by Gasteiger charge is -2.37. The Morgan fingerprint density at radius 1 is 0.676 bits per heavy atom. The highest BCUT2D eigenvalue weighted by molar-refractivity contribution is 7.52. The lowest BCUT2D eigenvalue weighted by molar-refractivity contribution is -0.133. The van der Waals surface area contributed by atoms with Crippen molar-refractivity contribution in [2.45, 2.75) is 98.5 Å². The molecule has 0 radical (unpaired) electrons. The van der Waals surface area contributed by atoms with Gasteiger partial charge in [0.25, 0.3) is 0 Å². The summed E-state index contributed by atoms with van der Waals surface area (Å²) in [6, 6.07) is 22.8. The summed E-state index contributed by atoms with van der Waals surface area (Å²) in [5.41, 5.74) is 14.7. The molecule has 2 aliphatic rings. The third-order valence-corrected chi connectivity index (χ3v) is 11.8. The van der Waals surface area contributed by atoms with Gasteiger partial charge in [-0.25, -0.2) is 4.79 Å². The summed E-state index contributed by atoms with van der Waals surface area (Å²) in [6.45, 7) is 17.9. The zero-order chi connectivity index (χ0) is 50.0. The minimum absolute atomic E-state index is 0.0253. The van der Waals surface area contributed by atoms with Gasteiger partial charge in [-0.05, 0) is 98.5 Å². The number of amides is 3. The van der Waals surface area contributed by atoms with Crippen molar-refractivity contribution in [2.75, 3.05) is 10.6 Å². The number of fused-ring (bicyclic) bond motifs is 6. The number of nitrogens with one attached hydrogen (secondary N) is 2. The molecule has 68 heavy (non-hydrogen) atoms. The van der Waals surface area contributed by atoms with E-state index in [0.29, 0.717) is 45.6 Å². The standard InChI is InChI=1S/C51H51N3O10.CH4NOP/c1-26-17-28(3)45(41(19-26)61-30(5)55)49(7,8)24-43(57)53-33-12-15-37-39(22-33)63-40-23-34(13-16-38(40)51(37)36-14-11-32(47(52)59)21-35(36)48(60)64-51)54-44(58)25-50(9,10)46-29(4)18-27(2)20-42(46)62-31(6)56;2-4-1-3/h11-23H,24-25H2,1-10H3,(H2,52,59)(H,53,57)(H,54,58);1,4H,2H2. The van der Waals surface area contributed by atoms with E-state index in [1.165, 1.54) is 26.0 Å². The van der Waals surface area contributed by atoms with E-state index in [2.05, 4.69) is 16.1 Å². The van der Waals surface area contributed by atoms with Gasteiger partial charge in [0.2, 0.25) is 17.7 Å². The molecule has 5 aromatic carbocycles. The molecule has 2 heterocycles. The summed E-state index contributed by atoms with van der Waals surface area (Å²) < 4.78 is 24.1. The average Bonchev–Trinajstić information content (AvgIpc) is 3.50. The SMILES string of the molecule is CC(=O)Oc1cc(C)cc(C)c1C(C)(C)CC(=O)Nc1ccc2c(c1)Oc1cc(NC(=O)CC(C)(C)c3c(C)cc(C)cc3OC(C)=O)ccc1C21OC(=O)c2cc(C(N)=O)ccc21.NPC=O. The summed E-state index contributed by atoms with van der Waals surface area (Å²) in [5, 5.41) is 5.97. The Kier molecular flexibility index (Phi) is 14.4. The first kappa shape index (κ1) is 50.2. The zero-order valence-electron chi connectivity index (χ0n) is 39.6. The van der Waals surface area contributed by atoms with E-state index in [9.17, 15) is 28.8 Å². The molecule has 15 nitrogen and oxygen atoms in total. The number of ether oxygens (including phenoxy) is 4. The molecule has 0 bridgehead atoms. The van der Waals surface area contributed by atoms with Gasteiger partial charge in [-0.15, -0.1) is 0 Å². The molecule has 3 amide bonds. The highest BCUT2D eigenvalue weighted by atomic mass is 31.1. The Morgan fingerprint density at radius 3 is 1.50 bits per heavy atom. The largest absolute Gasteiger partial charge is 0.456 e. The predicted molar refractivity (Wildman–Crippen MR) is 259 cm³/mol. The minimum atomic E-state index is -1.55. The van der Waals surface area contributed by atoms with Gasteiger partial charge in [0.05, 0.1) is 5.56 Å². The zero-order valence-corrected chi connectivity index (χ0v) is 40.6. The molecular weight excluding hydrogens is 888 g/mol. The smallest absolute Gasteiger partial charge is 0.340 e. The van der Waals surface area contributed by atoms with Crippen LogP contribution in [-0.2, 0) is 45.1 Å². The van der Waals surface area contributed by atoms with E-state index in [1.54, 1.807) is 54.6 Å². The molecule has 1 spiro atoms. The molecule has 16 heteroatoms. The third kappa shape index (κ3) is 10.3. The fraction of sp³-hybridized carbons (Fsp3) is 0.288. The molecule has 6 N–H and O–H groups in total. The van der Waals surface area contributed by atoms with Crippen molar-refractivity contribution in [1.82, 2.24) is 0 Å². The lowest BCUT2D eigenvalue weighted by atomic mass is 9.77. The molecule has 0 saturated heterocycles. The van der Waals surface area contributed by atoms with Crippen LogP contribution in [0.3, 0.4) is 0 Å². The lowest BCUT2D eigenvalue weighted by Crippen LogP contribution is -2.33. The quantitative estimate of drug-likeness (QED) is 0.0398. The Balaban J connectivity index is 0.00000183. The fourth-order valence-electron chi connectivity index (χ4n) is 9.49. The van der Waals surface area contributed by atoms with E-state index in [-0.39, 0.29) is 56.0 Å². The van der Waals surface area contributed by atoms with Gasteiger partial charge in [0.15, 0.2) is 11.6 Å². The van der Waals surface area contributed by atoms with Gasteiger partial charge in [-0.1, -0.05) is 45.9 Å². The first-order chi connectivity index (χ1) is 31.9. The van der Waals surface area contributed by atoms with Crippen LogP contribution in [0.15, 0.2) is 78.9 Å². The van der Waals surface area contributed by atoms with Crippen LogP contribution in [0.1, 0.15) is 125 Å². The average molecular weight is 943 g/mol. The van der Waals surface area contributed by atoms with Crippen LogP contribution in [-0.4, -0.2) is 41.7 Å². The van der Waals surface area contributed by atoms with Crippen molar-refractivity contribution in [2.24, 2.45) is 11.2 Å². The van der Waals surface area contributed by atoms with Crippen LogP contribution in [0.4, 0.5) is 11.4 Å². The number of primary amides is 1. The molecule has 7 rings (SSSR count). The van der Waals surface area contributed by atoms with Crippen molar-refractivity contribution in [1.29, 1.82) is 0 Å². The number of esters is 3. The monoisotopic (exact) mass is 942 g/mol. The normalized spacial score (nSPS) is 13.2. The molecule has 1 unspecified atom stereocenters. The summed E-state index contributed by atoms with van der Waals surface area (Å²) in [4.78, 5) is 86.7. The number of anilines is 2. The second kappa shape index (κ2) is 19.6. The van der Waals surface area contributed by atoms with E-state index in [4.69, 9.17) is 29.5 Å². The highest BCUT2D eigenvalue weighted by Crippen LogP contribution is 2.57. The Bertz CT molecular complexity index is 2770. The van der Waals surface area contributed by atoms with Crippen LogP contribution in [0.25, 0.3) is 0 Å². The first-order valence-electron chi connectivity index (χ1n) is 21.6. The number of aryl methyl sites for hydroxylation is 4. The highest BCUT2D eigenvalue weighted by Gasteiger charge is 2.54. The number of nitrogens with two attached hydrogens (primary N) is 2. The number of benzene rings is 5. The van der Waals surface area contributed by atoms with Crippen molar-refractivity contribution in [3.63, 3.8) is 0 Å². The molecule has 0 fully saturated rings. The first-order valence-corrected chi connectivity index (χ1v) is 22.8. The molecule has 0 aromatic heterocycles. The second-order valence-corrected chi connectivity index (χ2v) is 18.9. The summed E-state index contributed by atoms with van der Waals surface area (Å²) in [5.74, 6) is -1.66. The molecule has 5 aromatic rings. The van der Waals surface area contributed by atoms with Crippen LogP contribution in [0.5, 0.6) is 23.0 Å². The minimum Gasteiger partial charge on any atom is -0.456 e. The van der Waals surface area contributed by atoms with Gasteiger partial charge < -0.3 is 40.8 Å². The maximum Gasteiger partial charge on any atom is 0.340 e. The topological polar surface area (TPSA) is 233 Å². The Morgan fingerprint density at radius 2 is 1.10 bits per heavy atom. The summed E-state index contributed by atoms with van der Waals surface area (Å²) in [6.07, 6.45) is 0.0505. The molecule has 1 atom stereocenters. The maximum absolute atomic E-state index is 13.8. The Labute approximate surface area is 396 Å². The Hall–Kier alpha value is -7.22. The van der Waals surface area contributed by atoms with Gasteiger partial charge in [0.1, 0.15) is 23.0 Å². The predicted octanol–water partition coefficient (Wildman–Crippen LogP) is 8.78. The van der Waals surface area contributed by atoms with Crippen molar-refractivity contribution in [3.8, 4) is 23.0 Å². The van der Waals surface area contributed by atoms with E-state index < -0.39 is 40.2 Å². The molecule has 0 saturated carbocycles. The van der Waals surface area contributed by atoms with Crippen LogP contribution in [0, 0.1) is 27.7 Å². The van der Waals surface area contributed by atoms with Gasteiger partial charge in [-0.3, -0.25) is 28.8 Å². The molecule has 354 valence electrons. The number of carbonyl (C=O) groups is 7. The van der Waals surface area contributed by atoms with E-state index >= 15 is 0 Å². The van der Waals surface area contributed by atoms with Crippen LogP contribution in [0.2, 0.25) is 0 Å². The number of hydrogen-bond acceptors (Lipinski definition) is 12. The van der Waals surface area contributed by atoms with Gasteiger partial charge >= 0.3 is 17.9 Å². The number of rotatable bonds is 12. The summed E-state index contributed by atoms with van der Waals surface area (Å²) >= 11 is 0. The summed E-state index contributed by atoms with van der Waals surface area (Å²) in [7, 11) is -0.0401. The van der Waals surface area contributed by atoms with Gasteiger partial charge in [-0.2, -0.15) is 0 Å². The second-order valence-electron chi connectivity index (χ2n) is 18.3. The fourth-order valence-corrected chi connectivity index (χ4v) is 9.49. The van der Waals surface area contributed by atoms with Crippen molar-refractivity contribution < 1.29 is 52.5 Å². The maximum atomic E-state index is 13.8. The molecular formula is C52H55N4O11P. The molecule has 0 aliphatic carbocycles. The van der Waals surface area contributed by atoms with E-state index in [1.807, 2.05) is 67.5 Å². The van der Waals surface area contributed by atoms with E-state index in [0.717, 1.165) is 33.4 Å². The number of hydrogen-bond donors (Lipinski definition) is 4. The van der Waals surface area contributed by atoms with Gasteiger partial charge in [0, 0.05) is 103 Å². The number of carbonyl (C=O) groups excluding carboxylic acids is 7. The third-order valence-electron chi connectivity index (χ3n) is 11.7. The van der Waals surface area contributed by atoms with Crippen LogP contribution >= 0.6 is 8.73 Å². The van der Waals surface area contributed by atoms with Crippen molar-refractivity contribution >= 4 is 61.8 Å².